The van der Waals surface area contributed by atoms with E-state index in [1.165, 1.54) is 0 Å². The maximum Gasteiger partial charge on any atom is 0.125 e. The summed E-state index contributed by atoms with van der Waals surface area (Å²) in [5.74, 6) is 0. The van der Waals surface area contributed by atoms with E-state index in [2.05, 4.69) is 25.2 Å². The molecule has 0 heterocycles. The Kier molecular flexibility index (Phi) is 4.17. The Balaban J connectivity index is 2.80. The summed E-state index contributed by atoms with van der Waals surface area (Å²) in [6, 6.07) is 12.3. The number of benzene rings is 1. The molecule has 15 heavy (non-hydrogen) atoms. The SMILES string of the molecule is CCCC(C#N)(CC)Nc1ccccc1. The van der Waals surface area contributed by atoms with E-state index in [-0.39, 0.29) is 0 Å². The Morgan fingerprint density at radius 1 is 1.27 bits per heavy atom. The van der Waals surface area contributed by atoms with Crippen molar-refractivity contribution in [2.75, 3.05) is 5.32 Å². The first-order chi connectivity index (χ1) is 7.26. The van der Waals surface area contributed by atoms with Gasteiger partial charge in [-0.1, -0.05) is 38.5 Å². The lowest BCUT2D eigenvalue weighted by Crippen LogP contribution is -2.35. The van der Waals surface area contributed by atoms with Gasteiger partial charge in [-0.2, -0.15) is 5.26 Å². The highest BCUT2D eigenvalue weighted by atomic mass is 15.0. The topological polar surface area (TPSA) is 35.8 Å². The second kappa shape index (κ2) is 5.41. The number of nitrogens with one attached hydrogen (secondary N) is 1. The van der Waals surface area contributed by atoms with Gasteiger partial charge < -0.3 is 5.32 Å². The standard InChI is InChI=1S/C13H18N2/c1-3-10-13(4-2,11-14)15-12-8-6-5-7-9-12/h5-9,15H,3-4,10H2,1-2H3. The van der Waals surface area contributed by atoms with Crippen LogP contribution < -0.4 is 5.32 Å². The summed E-state index contributed by atoms with van der Waals surface area (Å²) in [6.07, 6.45) is 2.72. The van der Waals surface area contributed by atoms with E-state index in [1.54, 1.807) is 0 Å². The normalized spacial score (nSPS) is 13.9. The van der Waals surface area contributed by atoms with E-state index >= 15 is 0 Å². The Labute approximate surface area is 91.9 Å². The predicted octanol–water partition coefficient (Wildman–Crippen LogP) is 3.57. The van der Waals surface area contributed by atoms with Crippen molar-refractivity contribution in [3.05, 3.63) is 30.3 Å². The van der Waals surface area contributed by atoms with Crippen molar-refractivity contribution >= 4 is 5.69 Å². The molecule has 0 aliphatic rings. The smallest absolute Gasteiger partial charge is 0.125 e. The maximum absolute atomic E-state index is 9.26. The maximum atomic E-state index is 9.26. The largest absolute Gasteiger partial charge is 0.367 e. The van der Waals surface area contributed by atoms with Crippen LogP contribution in [0, 0.1) is 11.3 Å². The van der Waals surface area contributed by atoms with Gasteiger partial charge >= 0.3 is 0 Å². The van der Waals surface area contributed by atoms with Crippen molar-refractivity contribution in [2.45, 2.75) is 38.6 Å². The van der Waals surface area contributed by atoms with E-state index in [0.717, 1.165) is 24.9 Å². The van der Waals surface area contributed by atoms with Gasteiger partial charge in [-0.3, -0.25) is 0 Å². The molecule has 0 aliphatic carbocycles. The van der Waals surface area contributed by atoms with E-state index in [9.17, 15) is 5.26 Å². The van der Waals surface area contributed by atoms with Crippen LogP contribution >= 0.6 is 0 Å². The zero-order valence-corrected chi connectivity index (χ0v) is 9.46. The fraction of sp³-hybridized carbons (Fsp3) is 0.462. The number of hydrogen-bond donors (Lipinski definition) is 1. The molecule has 0 spiro atoms. The van der Waals surface area contributed by atoms with Crippen molar-refractivity contribution in [3.63, 3.8) is 0 Å². The van der Waals surface area contributed by atoms with Crippen LogP contribution in [-0.4, -0.2) is 5.54 Å². The van der Waals surface area contributed by atoms with Crippen LogP contribution in [0.3, 0.4) is 0 Å². The predicted molar refractivity (Wildman–Crippen MR) is 63.6 cm³/mol. The molecule has 1 rings (SSSR count). The van der Waals surface area contributed by atoms with Crippen molar-refractivity contribution in [1.82, 2.24) is 0 Å². The van der Waals surface area contributed by atoms with Gasteiger partial charge in [0.05, 0.1) is 6.07 Å². The molecule has 0 aromatic heterocycles. The average molecular weight is 202 g/mol. The van der Waals surface area contributed by atoms with E-state index in [4.69, 9.17) is 0 Å². The van der Waals surface area contributed by atoms with Crippen molar-refractivity contribution < 1.29 is 0 Å². The number of anilines is 1. The molecule has 1 unspecified atom stereocenters. The highest BCUT2D eigenvalue weighted by molar-refractivity contribution is 5.47. The van der Waals surface area contributed by atoms with Gasteiger partial charge in [0.25, 0.3) is 0 Å². The second-order valence-electron chi connectivity index (χ2n) is 3.79. The third-order valence-electron chi connectivity index (χ3n) is 2.65. The summed E-state index contributed by atoms with van der Waals surface area (Å²) >= 11 is 0. The van der Waals surface area contributed by atoms with Crippen LogP contribution in [0.2, 0.25) is 0 Å². The lowest BCUT2D eigenvalue weighted by Gasteiger charge is -2.27. The number of nitrogens with zero attached hydrogens (tertiary/aromatic N) is 1. The van der Waals surface area contributed by atoms with Crippen LogP contribution in [0.5, 0.6) is 0 Å². The molecule has 2 heteroatoms. The van der Waals surface area contributed by atoms with Crippen molar-refractivity contribution in [2.24, 2.45) is 0 Å². The third kappa shape index (κ3) is 2.99. The summed E-state index contributed by atoms with van der Waals surface area (Å²) < 4.78 is 0. The highest BCUT2D eigenvalue weighted by Gasteiger charge is 2.26. The van der Waals surface area contributed by atoms with E-state index < -0.39 is 5.54 Å². The first kappa shape index (κ1) is 11.6. The van der Waals surface area contributed by atoms with Crippen LogP contribution in [0.25, 0.3) is 0 Å². The van der Waals surface area contributed by atoms with Gasteiger partial charge in [-0.25, -0.2) is 0 Å². The quantitative estimate of drug-likeness (QED) is 0.792. The molecule has 0 amide bonds. The lowest BCUT2D eigenvalue weighted by atomic mass is 9.92. The Morgan fingerprint density at radius 3 is 2.40 bits per heavy atom. The molecule has 0 radical (unpaired) electrons. The molecular weight excluding hydrogens is 184 g/mol. The van der Waals surface area contributed by atoms with E-state index in [1.807, 2.05) is 30.3 Å². The summed E-state index contributed by atoms with van der Waals surface area (Å²) in [6.45, 7) is 4.16. The third-order valence-corrected chi connectivity index (χ3v) is 2.65. The Morgan fingerprint density at radius 2 is 1.93 bits per heavy atom. The minimum Gasteiger partial charge on any atom is -0.367 e. The zero-order valence-electron chi connectivity index (χ0n) is 9.46. The van der Waals surface area contributed by atoms with Gasteiger partial charge in [-0.05, 0) is 25.0 Å². The van der Waals surface area contributed by atoms with Gasteiger partial charge in [0.15, 0.2) is 0 Å². The first-order valence-electron chi connectivity index (χ1n) is 5.51. The fourth-order valence-corrected chi connectivity index (χ4v) is 1.72. The molecule has 0 saturated carbocycles. The molecule has 80 valence electrons. The minimum atomic E-state index is -0.407. The van der Waals surface area contributed by atoms with Gasteiger partial charge in [0.2, 0.25) is 0 Å². The molecule has 1 aromatic carbocycles. The Hall–Kier alpha value is -1.49. The monoisotopic (exact) mass is 202 g/mol. The summed E-state index contributed by atoms with van der Waals surface area (Å²) in [4.78, 5) is 0. The average Bonchev–Trinajstić information content (AvgIpc) is 2.30. The Bertz CT molecular complexity index is 326. The molecule has 1 aromatic rings. The zero-order chi connectivity index (χ0) is 11.1. The van der Waals surface area contributed by atoms with Crippen molar-refractivity contribution in [3.8, 4) is 6.07 Å². The molecule has 0 saturated heterocycles. The van der Waals surface area contributed by atoms with Gasteiger partial charge in [-0.15, -0.1) is 0 Å². The molecular formula is C13H18N2. The molecule has 0 aliphatic heterocycles. The van der Waals surface area contributed by atoms with Crippen molar-refractivity contribution in [1.29, 1.82) is 5.26 Å². The van der Waals surface area contributed by atoms with E-state index in [0.29, 0.717) is 0 Å². The number of rotatable bonds is 5. The van der Waals surface area contributed by atoms with Crippen LogP contribution in [0.1, 0.15) is 33.1 Å². The minimum absolute atomic E-state index is 0.407. The molecule has 1 N–H and O–H groups in total. The van der Waals surface area contributed by atoms with Gasteiger partial charge in [0, 0.05) is 5.69 Å². The van der Waals surface area contributed by atoms with Crippen LogP contribution in [-0.2, 0) is 0 Å². The highest BCUT2D eigenvalue weighted by Crippen LogP contribution is 2.22. The molecule has 2 nitrogen and oxygen atoms in total. The number of hydrogen-bond acceptors (Lipinski definition) is 2. The van der Waals surface area contributed by atoms with Gasteiger partial charge in [0.1, 0.15) is 5.54 Å². The number of nitriles is 1. The summed E-state index contributed by atoms with van der Waals surface area (Å²) in [5.41, 5.74) is 0.616. The number of para-hydroxylation sites is 1. The summed E-state index contributed by atoms with van der Waals surface area (Å²) in [7, 11) is 0. The fourth-order valence-electron chi connectivity index (χ4n) is 1.72. The van der Waals surface area contributed by atoms with Crippen LogP contribution in [0.15, 0.2) is 30.3 Å². The molecule has 0 fully saturated rings. The first-order valence-corrected chi connectivity index (χ1v) is 5.51. The molecule has 1 atom stereocenters. The second-order valence-corrected chi connectivity index (χ2v) is 3.79. The molecule has 0 bridgehead atoms. The van der Waals surface area contributed by atoms with Crippen LogP contribution in [0.4, 0.5) is 5.69 Å². The lowest BCUT2D eigenvalue weighted by molar-refractivity contribution is 0.514. The summed E-state index contributed by atoms with van der Waals surface area (Å²) in [5, 5.41) is 12.6.